The Hall–Kier alpha value is -3.36. The first-order valence-electron chi connectivity index (χ1n) is 18.1. The molecule has 0 unspecified atom stereocenters. The maximum atomic E-state index is 14.1. The zero-order chi connectivity index (χ0) is 36.1. The monoisotopic (exact) mass is 831 g/mol. The van der Waals surface area contributed by atoms with Crippen molar-refractivity contribution < 1.29 is 34.1 Å². The first-order valence-corrected chi connectivity index (χ1v) is 19.6. The number of aliphatic carboxylic acids is 1. The summed E-state index contributed by atoms with van der Waals surface area (Å²) in [4.78, 5) is 59.4. The van der Waals surface area contributed by atoms with Crippen LogP contribution in [0.2, 0.25) is 0 Å². The van der Waals surface area contributed by atoms with E-state index in [-0.39, 0.29) is 36.6 Å². The number of carbonyl (C=O) groups is 4. The second-order valence-electron chi connectivity index (χ2n) is 14.2. The van der Waals surface area contributed by atoms with E-state index in [1.54, 1.807) is 17.0 Å². The van der Waals surface area contributed by atoms with Crippen LogP contribution in [0.25, 0.3) is 0 Å². The number of hydrogen-bond acceptors (Lipinski definition) is 7. The highest BCUT2D eigenvalue weighted by Gasteiger charge is 2.37. The third kappa shape index (κ3) is 9.36. The average Bonchev–Trinajstić information content (AvgIpc) is 3.30. The first-order chi connectivity index (χ1) is 24.5. The van der Waals surface area contributed by atoms with Gasteiger partial charge in [0.15, 0.2) is 6.10 Å². The molecular weight excluding hydrogens is 786 g/mol. The van der Waals surface area contributed by atoms with Gasteiger partial charge in [-0.2, -0.15) is 0 Å². The minimum Gasteiger partial charge on any atom is -0.506 e. The van der Waals surface area contributed by atoms with Crippen LogP contribution in [0.3, 0.4) is 0 Å². The topological polar surface area (TPSA) is 143 Å². The Morgan fingerprint density at radius 2 is 1.47 bits per heavy atom. The van der Waals surface area contributed by atoms with E-state index in [1.165, 1.54) is 0 Å². The van der Waals surface area contributed by atoms with Crippen molar-refractivity contribution in [2.75, 3.05) is 57.7 Å². The molecule has 4 amide bonds. The molecule has 4 heterocycles. The fourth-order valence-electron chi connectivity index (χ4n) is 8.12. The highest BCUT2D eigenvalue weighted by atomic mass is 79.9. The number of hydrogen-bond donors (Lipinski definition) is 3. The van der Waals surface area contributed by atoms with Crippen molar-refractivity contribution >= 4 is 61.5 Å². The lowest BCUT2D eigenvalue weighted by molar-refractivity contribution is -0.143. The number of phenols is 1. The minimum absolute atomic E-state index is 0.00855. The highest BCUT2D eigenvalue weighted by molar-refractivity contribution is 9.11. The molecule has 51 heavy (non-hydrogen) atoms. The molecule has 0 bridgehead atoms. The maximum absolute atomic E-state index is 14.1. The Labute approximate surface area is 315 Å². The van der Waals surface area contributed by atoms with Gasteiger partial charge in [-0.05, 0) is 131 Å². The van der Waals surface area contributed by atoms with Gasteiger partial charge in [-0.1, -0.05) is 18.2 Å². The Bertz CT molecular complexity index is 1560. The van der Waals surface area contributed by atoms with Gasteiger partial charge < -0.3 is 39.9 Å². The molecule has 4 aliphatic rings. The normalized spacial score (nSPS) is 20.4. The van der Waals surface area contributed by atoms with Crippen LogP contribution in [0, 0.1) is 11.8 Å². The fraction of sp³-hybridized carbons (Fsp3) is 0.568. The largest absolute Gasteiger partial charge is 0.506 e. The van der Waals surface area contributed by atoms with Crippen molar-refractivity contribution in [1.82, 2.24) is 19.6 Å². The van der Waals surface area contributed by atoms with E-state index in [1.807, 2.05) is 34.1 Å². The number of carboxylic acids is 1. The summed E-state index contributed by atoms with van der Waals surface area (Å²) in [5.41, 5.74) is 2.68. The summed E-state index contributed by atoms with van der Waals surface area (Å²) in [5.74, 6) is 0.128. The Balaban J connectivity index is 1.05. The quantitative estimate of drug-likeness (QED) is 0.282. The van der Waals surface area contributed by atoms with Gasteiger partial charge in [-0.15, -0.1) is 0 Å². The van der Waals surface area contributed by atoms with Crippen LogP contribution in [0.1, 0.15) is 56.1 Å². The number of phenolic OH excluding ortho intramolecular Hbond substituents is 1. The molecule has 1 atom stereocenters. The summed E-state index contributed by atoms with van der Waals surface area (Å²) >= 11 is 6.76. The van der Waals surface area contributed by atoms with Crippen LogP contribution in [0.4, 0.5) is 15.3 Å². The van der Waals surface area contributed by atoms with E-state index >= 15 is 0 Å². The maximum Gasteiger partial charge on any atom is 0.410 e. The van der Waals surface area contributed by atoms with Crippen LogP contribution >= 0.6 is 31.9 Å². The lowest BCUT2D eigenvalue weighted by Crippen LogP contribution is -2.52. The molecule has 2 aromatic carbocycles. The summed E-state index contributed by atoms with van der Waals surface area (Å²) in [6.45, 7) is 5.02. The Morgan fingerprint density at radius 1 is 0.863 bits per heavy atom. The highest BCUT2D eigenvalue weighted by Crippen LogP contribution is 2.35. The molecule has 0 saturated carbocycles. The van der Waals surface area contributed by atoms with E-state index in [2.05, 4.69) is 42.1 Å². The number of ether oxygens (including phenoxy) is 1. The molecule has 12 nitrogen and oxygen atoms in total. The summed E-state index contributed by atoms with van der Waals surface area (Å²) < 4.78 is 6.99. The van der Waals surface area contributed by atoms with Crippen LogP contribution in [-0.2, 0) is 27.2 Å². The molecule has 276 valence electrons. The number of fused-ring (bicyclic) bond motifs is 1. The zero-order valence-corrected chi connectivity index (χ0v) is 31.9. The molecule has 6 rings (SSSR count). The van der Waals surface area contributed by atoms with E-state index in [9.17, 15) is 24.3 Å². The summed E-state index contributed by atoms with van der Waals surface area (Å²) in [7, 11) is 0. The van der Waals surface area contributed by atoms with Crippen molar-refractivity contribution in [1.29, 1.82) is 0 Å². The predicted molar refractivity (Wildman–Crippen MR) is 199 cm³/mol. The van der Waals surface area contributed by atoms with Gasteiger partial charge in [-0.25, -0.2) is 9.59 Å². The van der Waals surface area contributed by atoms with E-state index in [4.69, 9.17) is 9.84 Å². The van der Waals surface area contributed by atoms with E-state index in [0.29, 0.717) is 72.9 Å². The zero-order valence-electron chi connectivity index (χ0n) is 28.8. The van der Waals surface area contributed by atoms with Gasteiger partial charge in [0.1, 0.15) is 5.75 Å². The second kappa shape index (κ2) is 17.0. The number of carboxylic acid groups (broad SMARTS) is 1. The Morgan fingerprint density at radius 3 is 2.12 bits per heavy atom. The summed E-state index contributed by atoms with van der Waals surface area (Å²) in [6.07, 6.45) is 4.56. The number of halogens is 2. The van der Waals surface area contributed by atoms with Gasteiger partial charge >= 0.3 is 18.1 Å². The fourth-order valence-corrected chi connectivity index (χ4v) is 9.40. The number of amides is 4. The number of anilines is 1. The molecule has 3 saturated heterocycles. The molecule has 0 aromatic heterocycles. The van der Waals surface area contributed by atoms with Crippen LogP contribution in [0.5, 0.6) is 5.75 Å². The molecule has 4 aliphatic heterocycles. The lowest BCUT2D eigenvalue weighted by Gasteiger charge is -2.41. The van der Waals surface area contributed by atoms with Gasteiger partial charge in [0.05, 0.1) is 15.4 Å². The van der Waals surface area contributed by atoms with Crippen molar-refractivity contribution in [3.05, 3.63) is 56.5 Å². The number of piperidine rings is 3. The van der Waals surface area contributed by atoms with Crippen molar-refractivity contribution in [3.63, 3.8) is 0 Å². The summed E-state index contributed by atoms with van der Waals surface area (Å²) in [6, 6.07) is 11.2. The van der Waals surface area contributed by atoms with Crippen LogP contribution in [-0.4, -0.2) is 118 Å². The van der Waals surface area contributed by atoms with E-state index in [0.717, 1.165) is 62.0 Å². The molecule has 2 aromatic rings. The molecule has 0 radical (unpaired) electrons. The molecule has 3 N–H and O–H groups in total. The SMILES string of the molecule is O=C(O)CCN1CCC(C2CCN(C(=O)[C@@H](Cc3cc(Br)c(O)c(Br)c3)OC(=O)N3CCC(N4CCc5ccccc5NC4=O)CC3)CC2)CC1. The van der Waals surface area contributed by atoms with Crippen molar-refractivity contribution in [3.8, 4) is 5.75 Å². The molecule has 3 fully saturated rings. The summed E-state index contributed by atoms with van der Waals surface area (Å²) in [5, 5.41) is 22.3. The molecule has 0 spiro atoms. The third-order valence-corrected chi connectivity index (χ3v) is 12.3. The van der Waals surface area contributed by atoms with Crippen LogP contribution in [0.15, 0.2) is 45.3 Å². The number of rotatable bonds is 9. The average molecular weight is 834 g/mol. The first kappa shape index (κ1) is 37.4. The number of benzene rings is 2. The molecule has 14 heteroatoms. The third-order valence-electron chi connectivity index (χ3n) is 11.1. The molecular formula is C37H47Br2N5O7. The van der Waals surface area contributed by atoms with Gasteiger partial charge in [0.2, 0.25) is 0 Å². The smallest absolute Gasteiger partial charge is 0.410 e. The van der Waals surface area contributed by atoms with Gasteiger partial charge in [0, 0.05) is 57.4 Å². The number of para-hydroxylation sites is 1. The van der Waals surface area contributed by atoms with Crippen molar-refractivity contribution in [2.45, 2.75) is 69.9 Å². The minimum atomic E-state index is -1.04. The molecule has 0 aliphatic carbocycles. The Kier molecular flexibility index (Phi) is 12.5. The van der Waals surface area contributed by atoms with Gasteiger partial charge in [0.25, 0.3) is 5.91 Å². The van der Waals surface area contributed by atoms with E-state index < -0.39 is 18.2 Å². The number of likely N-dealkylation sites (tertiary alicyclic amines) is 3. The predicted octanol–water partition coefficient (Wildman–Crippen LogP) is 5.94. The van der Waals surface area contributed by atoms with Crippen molar-refractivity contribution in [2.24, 2.45) is 11.8 Å². The number of urea groups is 1. The second-order valence-corrected chi connectivity index (χ2v) is 15.9. The lowest BCUT2D eigenvalue weighted by atomic mass is 9.78. The standard InChI is InChI=1S/C37H47Br2N5O7/c38-29-21-24(22-30(39)34(29)47)23-32(35(48)42-16-7-26(8-17-42)25-5-13-41(14-6-25)15-12-33(45)46)51-37(50)43-18-10-28(11-19-43)44-20-9-27-3-1-2-4-31(27)40-36(44)49/h1-4,21-22,25-26,28,32,47H,5-20,23H2,(H,40,49)(H,45,46)/t32-/m1/s1. The number of aromatic hydroxyl groups is 1. The van der Waals surface area contributed by atoms with Crippen LogP contribution < -0.4 is 5.32 Å². The number of nitrogens with one attached hydrogen (secondary N) is 1. The number of nitrogens with zero attached hydrogens (tertiary/aromatic N) is 4. The number of carbonyl (C=O) groups excluding carboxylic acids is 3. The van der Waals surface area contributed by atoms with Gasteiger partial charge in [-0.3, -0.25) is 9.59 Å².